The van der Waals surface area contributed by atoms with Gasteiger partial charge in [-0.2, -0.15) is 0 Å². The molecule has 2 atom stereocenters. The van der Waals surface area contributed by atoms with Crippen LogP contribution in [0.1, 0.15) is 36.6 Å². The average Bonchev–Trinajstić information content (AvgIpc) is 3.29. The molecule has 0 unspecified atom stereocenters. The highest BCUT2D eigenvalue weighted by molar-refractivity contribution is 7.99. The summed E-state index contributed by atoms with van der Waals surface area (Å²) in [5.74, 6) is 1.49. The van der Waals surface area contributed by atoms with Gasteiger partial charge in [0.2, 0.25) is 5.95 Å². The molecule has 0 aliphatic carbocycles. The standard InChI is InChI=1S/C26H30ClN7S/c1-17-12-23(9-11-34(17)18(2)19-8-10-28-25(13-19)32-35-3)33-15-20-14-29-26(31-24(20)16-33)30-22-6-4-21(27)5-7-22/h4-8,10,13-14,17,23H,2,9,11-12,15-16H2,1,3H3,(H,28,32)(H,29,30,31)/t17-,23+/m1/s1. The van der Waals surface area contributed by atoms with E-state index in [1.807, 2.05) is 49.0 Å². The van der Waals surface area contributed by atoms with Crippen molar-refractivity contribution in [1.29, 1.82) is 0 Å². The SMILES string of the molecule is C=C(c1ccnc(NSC)c1)N1CC[C@H](N2Cc3cnc(Nc4ccc(Cl)cc4)nc3C2)C[C@H]1C. The van der Waals surface area contributed by atoms with Gasteiger partial charge in [0.1, 0.15) is 5.82 Å². The van der Waals surface area contributed by atoms with Crippen LogP contribution >= 0.6 is 23.5 Å². The molecule has 2 N–H and O–H groups in total. The maximum atomic E-state index is 5.99. The average molecular weight is 508 g/mol. The zero-order valence-electron chi connectivity index (χ0n) is 20.0. The number of hydrogen-bond acceptors (Lipinski definition) is 8. The third-order valence-electron chi connectivity index (χ3n) is 6.79. The minimum Gasteiger partial charge on any atom is -0.369 e. The maximum Gasteiger partial charge on any atom is 0.227 e. The predicted molar refractivity (Wildman–Crippen MR) is 146 cm³/mol. The topological polar surface area (TPSA) is 69.2 Å². The van der Waals surface area contributed by atoms with Crippen LogP contribution in [0.5, 0.6) is 0 Å². The summed E-state index contributed by atoms with van der Waals surface area (Å²) in [6.07, 6.45) is 7.99. The molecule has 3 aromatic rings. The minimum atomic E-state index is 0.406. The van der Waals surface area contributed by atoms with Gasteiger partial charge in [-0.05, 0) is 56.2 Å². The van der Waals surface area contributed by atoms with Gasteiger partial charge in [0.25, 0.3) is 0 Å². The Labute approximate surface area is 216 Å². The predicted octanol–water partition coefficient (Wildman–Crippen LogP) is 5.80. The van der Waals surface area contributed by atoms with Crippen LogP contribution in [0.3, 0.4) is 0 Å². The first kappa shape index (κ1) is 23.9. The Morgan fingerprint density at radius 2 is 2.00 bits per heavy atom. The molecule has 1 aromatic carbocycles. The molecule has 2 aliphatic heterocycles. The number of aromatic nitrogens is 3. The highest BCUT2D eigenvalue weighted by atomic mass is 35.5. The van der Waals surface area contributed by atoms with Crippen LogP contribution in [0.25, 0.3) is 5.70 Å². The van der Waals surface area contributed by atoms with E-state index < -0.39 is 0 Å². The van der Waals surface area contributed by atoms with Gasteiger partial charge in [-0.3, -0.25) is 4.90 Å². The number of rotatable bonds is 7. The first-order valence-electron chi connectivity index (χ1n) is 11.8. The normalized spacial score (nSPS) is 19.9. The lowest BCUT2D eigenvalue weighted by Crippen LogP contribution is -2.46. The van der Waals surface area contributed by atoms with Gasteiger partial charge in [-0.25, -0.2) is 15.0 Å². The van der Waals surface area contributed by atoms with Gasteiger partial charge < -0.3 is 14.9 Å². The third-order valence-corrected chi connectivity index (χ3v) is 7.46. The van der Waals surface area contributed by atoms with Crippen LogP contribution in [0, 0.1) is 0 Å². The van der Waals surface area contributed by atoms with E-state index in [1.165, 1.54) is 5.56 Å². The van der Waals surface area contributed by atoms with Gasteiger partial charge >= 0.3 is 0 Å². The summed E-state index contributed by atoms with van der Waals surface area (Å²) in [4.78, 5) is 18.7. The largest absolute Gasteiger partial charge is 0.369 e. The first-order valence-corrected chi connectivity index (χ1v) is 13.4. The van der Waals surface area contributed by atoms with Crippen LogP contribution in [-0.4, -0.2) is 49.6 Å². The second kappa shape index (κ2) is 10.4. The number of likely N-dealkylation sites (tertiary alicyclic amines) is 1. The Morgan fingerprint density at radius 3 is 2.77 bits per heavy atom. The molecule has 0 amide bonds. The van der Waals surface area contributed by atoms with Crippen LogP contribution < -0.4 is 10.0 Å². The molecule has 0 saturated carbocycles. The summed E-state index contributed by atoms with van der Waals surface area (Å²) in [5.41, 5.74) is 5.44. The van der Waals surface area contributed by atoms with Crippen molar-refractivity contribution < 1.29 is 0 Å². The van der Waals surface area contributed by atoms with Crippen molar-refractivity contribution in [3.05, 3.63) is 77.2 Å². The van der Waals surface area contributed by atoms with Crippen LogP contribution in [0.2, 0.25) is 5.02 Å². The molecule has 1 saturated heterocycles. The molecular weight excluding hydrogens is 478 g/mol. The van der Waals surface area contributed by atoms with E-state index in [4.69, 9.17) is 16.6 Å². The highest BCUT2D eigenvalue weighted by Gasteiger charge is 2.33. The minimum absolute atomic E-state index is 0.406. The molecule has 35 heavy (non-hydrogen) atoms. The second-order valence-electron chi connectivity index (χ2n) is 9.11. The Balaban J connectivity index is 1.20. The molecule has 0 radical (unpaired) electrons. The Kier molecular flexibility index (Phi) is 7.13. The number of pyridine rings is 1. The van der Waals surface area contributed by atoms with Gasteiger partial charge in [-0.15, -0.1) is 0 Å². The number of benzene rings is 1. The molecular formula is C26H30ClN7S. The van der Waals surface area contributed by atoms with E-state index in [1.54, 1.807) is 11.9 Å². The fraction of sp³-hybridized carbons (Fsp3) is 0.346. The van der Waals surface area contributed by atoms with E-state index in [9.17, 15) is 0 Å². The molecule has 5 rings (SSSR count). The smallest absolute Gasteiger partial charge is 0.227 e. The number of anilines is 3. The molecule has 2 aromatic heterocycles. The first-order chi connectivity index (χ1) is 17.0. The second-order valence-corrected chi connectivity index (χ2v) is 10.2. The zero-order valence-corrected chi connectivity index (χ0v) is 21.6. The van der Waals surface area contributed by atoms with E-state index in [2.05, 4.69) is 49.4 Å². The Bertz CT molecular complexity index is 1200. The molecule has 4 heterocycles. The van der Waals surface area contributed by atoms with E-state index in [-0.39, 0.29) is 0 Å². The van der Waals surface area contributed by atoms with Crippen molar-refractivity contribution in [3.63, 3.8) is 0 Å². The van der Waals surface area contributed by atoms with Crippen molar-refractivity contribution >= 4 is 46.7 Å². The van der Waals surface area contributed by atoms with Crippen LogP contribution in [-0.2, 0) is 13.1 Å². The lowest BCUT2D eigenvalue weighted by Gasteiger charge is -2.43. The van der Waals surface area contributed by atoms with Crippen molar-refractivity contribution in [1.82, 2.24) is 24.8 Å². The van der Waals surface area contributed by atoms with E-state index >= 15 is 0 Å². The monoisotopic (exact) mass is 507 g/mol. The van der Waals surface area contributed by atoms with Gasteiger partial charge in [0, 0.05) is 77.9 Å². The van der Waals surface area contributed by atoms with Crippen molar-refractivity contribution in [3.8, 4) is 0 Å². The summed E-state index contributed by atoms with van der Waals surface area (Å²) < 4.78 is 3.21. The van der Waals surface area contributed by atoms with Gasteiger partial charge in [0.05, 0.1) is 5.69 Å². The lowest BCUT2D eigenvalue weighted by molar-refractivity contribution is 0.102. The van der Waals surface area contributed by atoms with Crippen molar-refractivity contribution in [2.24, 2.45) is 0 Å². The zero-order chi connectivity index (χ0) is 24.4. The summed E-state index contributed by atoms with van der Waals surface area (Å²) in [6.45, 7) is 9.48. The summed E-state index contributed by atoms with van der Waals surface area (Å²) in [7, 11) is 0. The fourth-order valence-electron chi connectivity index (χ4n) is 4.98. The fourth-order valence-corrected chi connectivity index (χ4v) is 5.42. The summed E-state index contributed by atoms with van der Waals surface area (Å²) in [6, 6.07) is 12.6. The molecule has 2 aliphatic rings. The number of nitrogens with one attached hydrogen (secondary N) is 2. The number of halogens is 1. The molecule has 9 heteroatoms. The molecule has 0 bridgehead atoms. The van der Waals surface area contributed by atoms with Crippen molar-refractivity contribution in [2.45, 2.75) is 44.9 Å². The third kappa shape index (κ3) is 5.39. The number of nitrogens with zero attached hydrogens (tertiary/aromatic N) is 5. The number of piperidine rings is 1. The Morgan fingerprint density at radius 1 is 1.17 bits per heavy atom. The van der Waals surface area contributed by atoms with E-state index in [0.29, 0.717) is 23.1 Å². The molecule has 7 nitrogen and oxygen atoms in total. The highest BCUT2D eigenvalue weighted by Crippen LogP contribution is 2.33. The number of hydrogen-bond donors (Lipinski definition) is 2. The van der Waals surface area contributed by atoms with E-state index in [0.717, 1.165) is 60.9 Å². The van der Waals surface area contributed by atoms with Crippen molar-refractivity contribution in [2.75, 3.05) is 22.8 Å². The maximum absolute atomic E-state index is 5.99. The van der Waals surface area contributed by atoms with Gasteiger partial charge in [-0.1, -0.05) is 30.1 Å². The summed E-state index contributed by atoms with van der Waals surface area (Å²) in [5, 5.41) is 3.99. The van der Waals surface area contributed by atoms with Gasteiger partial charge in [0.15, 0.2) is 0 Å². The number of fused-ring (bicyclic) bond motifs is 1. The van der Waals surface area contributed by atoms with Crippen LogP contribution in [0.4, 0.5) is 17.5 Å². The van der Waals surface area contributed by atoms with Crippen LogP contribution in [0.15, 0.2) is 55.4 Å². The molecule has 182 valence electrons. The summed E-state index contributed by atoms with van der Waals surface area (Å²) >= 11 is 7.53. The quantitative estimate of drug-likeness (QED) is 0.389. The lowest BCUT2D eigenvalue weighted by atomic mass is 9.95. The molecule has 0 spiro atoms. The molecule has 1 fully saturated rings. The Hall–Kier alpha value is -2.81.